The fourth-order valence-electron chi connectivity index (χ4n) is 2.04. The molecule has 2 aromatic carbocycles. The van der Waals surface area contributed by atoms with Crippen LogP contribution in [0.15, 0.2) is 42.5 Å². The molecule has 2 rings (SSSR count). The molecule has 0 aliphatic rings. The van der Waals surface area contributed by atoms with E-state index in [4.69, 9.17) is 21.1 Å². The number of methoxy groups -OCH3 is 1. The van der Waals surface area contributed by atoms with Gasteiger partial charge in [-0.3, -0.25) is 20.4 Å². The number of halogens is 1. The first-order chi connectivity index (χ1) is 12.1. The van der Waals surface area contributed by atoms with E-state index in [0.717, 1.165) is 6.42 Å². The zero-order valence-electron chi connectivity index (χ0n) is 14.0. The molecule has 0 bridgehead atoms. The highest BCUT2D eigenvalue weighted by Crippen LogP contribution is 2.36. The molecule has 0 aliphatic carbocycles. The zero-order valence-corrected chi connectivity index (χ0v) is 14.7. The van der Waals surface area contributed by atoms with Crippen molar-refractivity contribution in [2.75, 3.05) is 13.7 Å². The van der Waals surface area contributed by atoms with Gasteiger partial charge >= 0.3 is 0 Å². The first-order valence-corrected chi connectivity index (χ1v) is 8.10. The predicted molar refractivity (Wildman–Crippen MR) is 95.2 cm³/mol. The topological polar surface area (TPSA) is 76.7 Å². The normalized spacial score (nSPS) is 10.0. The number of carbonyl (C=O) groups is 2. The minimum Gasteiger partial charge on any atom is -0.493 e. The number of hydrazine groups is 1. The molecule has 0 spiro atoms. The molecule has 0 aromatic heterocycles. The van der Waals surface area contributed by atoms with Crippen LogP contribution >= 0.6 is 11.6 Å². The number of hydrogen-bond acceptors (Lipinski definition) is 4. The molecule has 2 aromatic rings. The maximum absolute atomic E-state index is 12.2. The average Bonchev–Trinajstić information content (AvgIpc) is 2.64. The Balaban J connectivity index is 2.08. The lowest BCUT2D eigenvalue weighted by Crippen LogP contribution is -2.41. The molecular formula is C18H19ClN2O4. The molecule has 0 heterocycles. The third-order valence-corrected chi connectivity index (χ3v) is 3.55. The van der Waals surface area contributed by atoms with Gasteiger partial charge in [0.05, 0.1) is 18.7 Å². The second-order valence-corrected chi connectivity index (χ2v) is 5.52. The fraction of sp³-hybridized carbons (Fsp3) is 0.222. The molecule has 2 amide bonds. The van der Waals surface area contributed by atoms with Gasteiger partial charge in [-0.1, -0.05) is 36.7 Å². The quantitative estimate of drug-likeness (QED) is 0.773. The van der Waals surface area contributed by atoms with Gasteiger partial charge in [-0.2, -0.15) is 0 Å². The van der Waals surface area contributed by atoms with Crippen LogP contribution in [0, 0.1) is 0 Å². The number of benzene rings is 2. The van der Waals surface area contributed by atoms with E-state index in [1.807, 2.05) is 6.92 Å². The van der Waals surface area contributed by atoms with Crippen LogP contribution in [0.2, 0.25) is 5.02 Å². The monoisotopic (exact) mass is 362 g/mol. The largest absolute Gasteiger partial charge is 0.493 e. The summed E-state index contributed by atoms with van der Waals surface area (Å²) < 4.78 is 10.8. The van der Waals surface area contributed by atoms with Crippen LogP contribution in [0.3, 0.4) is 0 Å². The number of hydrogen-bond donors (Lipinski definition) is 2. The van der Waals surface area contributed by atoms with E-state index in [1.165, 1.54) is 19.2 Å². The molecule has 0 saturated heterocycles. The van der Waals surface area contributed by atoms with Crippen molar-refractivity contribution >= 4 is 23.4 Å². The number of rotatable bonds is 6. The summed E-state index contributed by atoms with van der Waals surface area (Å²) in [6.45, 7) is 2.45. The Bertz CT molecular complexity index is 750. The van der Waals surface area contributed by atoms with E-state index in [9.17, 15) is 9.59 Å². The standard InChI is InChI=1S/C18H19ClN2O4/c1-3-9-25-16-14(19)10-13(11-15(16)24-2)18(23)21-20-17(22)12-7-5-4-6-8-12/h4-8,10-11H,3,9H2,1-2H3,(H,20,22)(H,21,23). The average molecular weight is 363 g/mol. The fourth-order valence-corrected chi connectivity index (χ4v) is 2.31. The summed E-state index contributed by atoms with van der Waals surface area (Å²) in [5.74, 6) is -0.210. The molecule has 0 fully saturated rings. The van der Waals surface area contributed by atoms with E-state index in [1.54, 1.807) is 30.3 Å². The lowest BCUT2D eigenvalue weighted by Gasteiger charge is -2.14. The van der Waals surface area contributed by atoms with Crippen molar-refractivity contribution in [3.8, 4) is 11.5 Å². The Kier molecular flexibility index (Phi) is 6.65. The van der Waals surface area contributed by atoms with Gasteiger partial charge in [0.25, 0.3) is 11.8 Å². The second kappa shape index (κ2) is 8.94. The minimum absolute atomic E-state index is 0.235. The van der Waals surface area contributed by atoms with Gasteiger partial charge in [0.1, 0.15) is 0 Å². The first-order valence-electron chi connectivity index (χ1n) is 7.72. The smallest absolute Gasteiger partial charge is 0.269 e. The van der Waals surface area contributed by atoms with Crippen LogP contribution in [-0.2, 0) is 0 Å². The number of carbonyl (C=O) groups excluding carboxylic acids is 2. The summed E-state index contributed by atoms with van der Waals surface area (Å²) in [6.07, 6.45) is 0.813. The lowest BCUT2D eigenvalue weighted by atomic mass is 10.2. The molecule has 2 N–H and O–H groups in total. The highest BCUT2D eigenvalue weighted by atomic mass is 35.5. The van der Waals surface area contributed by atoms with Gasteiger partial charge in [0.2, 0.25) is 0 Å². The minimum atomic E-state index is -0.522. The molecule has 0 aliphatic heterocycles. The van der Waals surface area contributed by atoms with Crippen LogP contribution in [0.5, 0.6) is 11.5 Å². The Labute approximate surface area is 151 Å². The van der Waals surface area contributed by atoms with Crippen molar-refractivity contribution in [2.45, 2.75) is 13.3 Å². The summed E-state index contributed by atoms with van der Waals surface area (Å²) in [5.41, 5.74) is 5.36. The van der Waals surface area contributed by atoms with Crippen LogP contribution in [0.4, 0.5) is 0 Å². The van der Waals surface area contributed by atoms with Gasteiger partial charge in [-0.25, -0.2) is 0 Å². The molecule has 0 saturated carbocycles. The number of amides is 2. The predicted octanol–water partition coefficient (Wildman–Crippen LogP) is 3.21. The summed E-state index contributed by atoms with van der Waals surface area (Å²) in [5, 5.41) is 0.257. The van der Waals surface area contributed by atoms with Crippen molar-refractivity contribution in [3.63, 3.8) is 0 Å². The highest BCUT2D eigenvalue weighted by molar-refractivity contribution is 6.32. The van der Waals surface area contributed by atoms with E-state index < -0.39 is 11.8 Å². The number of nitrogens with one attached hydrogen (secondary N) is 2. The van der Waals surface area contributed by atoms with Crippen molar-refractivity contribution in [1.29, 1.82) is 0 Å². The molecule has 0 radical (unpaired) electrons. The molecule has 25 heavy (non-hydrogen) atoms. The first kappa shape index (κ1) is 18.6. The van der Waals surface area contributed by atoms with Crippen LogP contribution in [0.25, 0.3) is 0 Å². The Morgan fingerprint density at radius 2 is 1.68 bits per heavy atom. The Hall–Kier alpha value is -2.73. The van der Waals surface area contributed by atoms with E-state index in [-0.39, 0.29) is 10.6 Å². The van der Waals surface area contributed by atoms with Gasteiger partial charge < -0.3 is 9.47 Å². The second-order valence-electron chi connectivity index (χ2n) is 5.11. The van der Waals surface area contributed by atoms with Crippen LogP contribution in [0.1, 0.15) is 34.1 Å². The Morgan fingerprint density at radius 1 is 1.04 bits per heavy atom. The molecule has 6 nitrogen and oxygen atoms in total. The van der Waals surface area contributed by atoms with Crippen LogP contribution < -0.4 is 20.3 Å². The van der Waals surface area contributed by atoms with Gasteiger partial charge in [0, 0.05) is 11.1 Å². The van der Waals surface area contributed by atoms with Crippen LogP contribution in [-0.4, -0.2) is 25.5 Å². The third kappa shape index (κ3) is 4.87. The van der Waals surface area contributed by atoms with E-state index in [2.05, 4.69) is 10.9 Å². The lowest BCUT2D eigenvalue weighted by molar-refractivity contribution is 0.0846. The van der Waals surface area contributed by atoms with Crippen molar-refractivity contribution in [2.24, 2.45) is 0 Å². The van der Waals surface area contributed by atoms with Gasteiger partial charge in [-0.15, -0.1) is 0 Å². The molecule has 0 atom stereocenters. The summed E-state index contributed by atoms with van der Waals surface area (Å²) in [7, 11) is 1.46. The zero-order chi connectivity index (χ0) is 18.2. The van der Waals surface area contributed by atoms with Crippen molar-refractivity contribution < 1.29 is 19.1 Å². The molecule has 0 unspecified atom stereocenters. The highest BCUT2D eigenvalue weighted by Gasteiger charge is 2.16. The maximum Gasteiger partial charge on any atom is 0.269 e. The van der Waals surface area contributed by atoms with Crippen molar-refractivity contribution in [1.82, 2.24) is 10.9 Å². The summed E-state index contributed by atoms with van der Waals surface area (Å²) in [4.78, 5) is 24.2. The SMILES string of the molecule is CCCOc1c(Cl)cc(C(=O)NNC(=O)c2ccccc2)cc1OC. The van der Waals surface area contributed by atoms with Crippen molar-refractivity contribution in [3.05, 3.63) is 58.6 Å². The van der Waals surface area contributed by atoms with Gasteiger partial charge in [0.15, 0.2) is 11.5 Å². The third-order valence-electron chi connectivity index (χ3n) is 3.27. The summed E-state index contributed by atoms with van der Waals surface area (Å²) in [6, 6.07) is 11.5. The molecule has 7 heteroatoms. The number of ether oxygens (including phenoxy) is 2. The molecule has 132 valence electrons. The molecular weight excluding hydrogens is 344 g/mol. The maximum atomic E-state index is 12.2. The van der Waals surface area contributed by atoms with E-state index in [0.29, 0.717) is 23.7 Å². The van der Waals surface area contributed by atoms with E-state index >= 15 is 0 Å². The Morgan fingerprint density at radius 3 is 2.28 bits per heavy atom. The van der Waals surface area contributed by atoms with Gasteiger partial charge in [-0.05, 0) is 30.7 Å². The summed E-state index contributed by atoms with van der Waals surface area (Å²) >= 11 is 6.18.